The van der Waals surface area contributed by atoms with E-state index in [4.69, 9.17) is 20.4 Å². The average Bonchev–Trinajstić information content (AvgIpc) is 2.88. The number of likely N-dealkylation sites (N-methyl/N-ethyl adjacent to an activating group) is 1. The summed E-state index contributed by atoms with van der Waals surface area (Å²) >= 11 is 0. The van der Waals surface area contributed by atoms with Gasteiger partial charge in [0.25, 0.3) is 0 Å². The molecular formula is C28H41B2N3O4. The van der Waals surface area contributed by atoms with Crippen LogP contribution >= 0.6 is 0 Å². The summed E-state index contributed by atoms with van der Waals surface area (Å²) in [7, 11) is 13.5. The summed E-state index contributed by atoms with van der Waals surface area (Å²) in [6.45, 7) is 6.07. The number of rotatable bonds is 12. The fraction of sp³-hybridized carbons (Fsp3) is 0.536. The van der Waals surface area contributed by atoms with Crippen LogP contribution in [0.2, 0.25) is 0 Å². The Bertz CT molecular complexity index is 977. The molecular weight excluding hydrogens is 464 g/mol. The quantitative estimate of drug-likeness (QED) is 0.342. The summed E-state index contributed by atoms with van der Waals surface area (Å²) in [6.07, 6.45) is 2.61. The van der Waals surface area contributed by atoms with Crippen molar-refractivity contribution in [2.24, 2.45) is 5.92 Å². The summed E-state index contributed by atoms with van der Waals surface area (Å²) in [5.74, 6) is -0.504. The van der Waals surface area contributed by atoms with Crippen LogP contribution in [0.15, 0.2) is 48.5 Å². The van der Waals surface area contributed by atoms with Crippen molar-refractivity contribution in [3.8, 4) is 5.75 Å². The van der Waals surface area contributed by atoms with Gasteiger partial charge in [-0.1, -0.05) is 31.7 Å². The van der Waals surface area contributed by atoms with Crippen LogP contribution in [-0.4, -0.2) is 88.0 Å². The molecule has 1 aliphatic rings. The van der Waals surface area contributed by atoms with Gasteiger partial charge < -0.3 is 24.7 Å². The molecule has 2 aromatic carbocycles. The van der Waals surface area contributed by atoms with Crippen LogP contribution in [0, 0.1) is 5.92 Å². The highest BCUT2D eigenvalue weighted by molar-refractivity contribution is 6.34. The molecule has 0 bridgehead atoms. The van der Waals surface area contributed by atoms with E-state index in [1.165, 1.54) is 0 Å². The minimum absolute atomic E-state index is 0. The molecule has 0 aromatic heterocycles. The van der Waals surface area contributed by atoms with Crippen molar-refractivity contribution in [3.05, 3.63) is 54.1 Å². The predicted octanol–water partition coefficient (Wildman–Crippen LogP) is 2.77. The summed E-state index contributed by atoms with van der Waals surface area (Å²) in [4.78, 5) is 18.1. The maximum absolute atomic E-state index is 12.1. The van der Waals surface area contributed by atoms with Crippen LogP contribution in [0.5, 0.6) is 5.75 Å². The SMILES string of the molecule is C.[B]C([B])Oc1cc(N(C=O)CC(C)N(C)c2ccccc2)ccc1CN1CCCC([C@](C)(O)CO)C1. The molecule has 37 heavy (non-hydrogen) atoms. The number of ether oxygens (including phenoxy) is 1. The molecule has 1 aliphatic heterocycles. The molecule has 0 aliphatic carbocycles. The van der Waals surface area contributed by atoms with Gasteiger partial charge in [0.15, 0.2) is 0 Å². The molecule has 2 unspecified atom stereocenters. The fourth-order valence-corrected chi connectivity index (χ4v) is 4.72. The molecule has 1 amide bonds. The molecule has 9 heteroatoms. The van der Waals surface area contributed by atoms with Gasteiger partial charge in [-0.3, -0.25) is 9.69 Å². The number of likely N-dealkylation sites (tertiary alicyclic amines) is 1. The van der Waals surface area contributed by atoms with Gasteiger partial charge in [0.1, 0.15) is 21.4 Å². The Balaban J connectivity index is 0.00000481. The summed E-state index contributed by atoms with van der Waals surface area (Å²) in [6, 6.07) is 15.7. The van der Waals surface area contributed by atoms with Gasteiger partial charge in [0.2, 0.25) is 6.41 Å². The number of aliphatic hydroxyl groups excluding tert-OH is 1. The Labute approximate surface area is 225 Å². The van der Waals surface area contributed by atoms with Crippen molar-refractivity contribution >= 4 is 33.5 Å². The lowest BCUT2D eigenvalue weighted by molar-refractivity contribution is -0.107. The Hall–Kier alpha value is -2.48. The first kappa shape index (κ1) is 30.7. The van der Waals surface area contributed by atoms with E-state index in [2.05, 4.69) is 16.7 Å². The number of carbonyl (C=O) groups excluding carboxylic acids is 1. The third kappa shape index (κ3) is 8.25. The Morgan fingerprint density at radius 1 is 1.22 bits per heavy atom. The third-order valence-corrected chi connectivity index (χ3v) is 7.16. The van der Waals surface area contributed by atoms with Crippen LogP contribution in [0.25, 0.3) is 0 Å². The van der Waals surface area contributed by atoms with Crippen LogP contribution in [0.3, 0.4) is 0 Å². The lowest BCUT2D eigenvalue weighted by atomic mass is 9.82. The molecule has 2 N–H and O–H groups in total. The molecule has 4 radical (unpaired) electrons. The number of aliphatic hydroxyl groups is 2. The number of carbonyl (C=O) groups is 1. The number of piperidine rings is 1. The zero-order chi connectivity index (χ0) is 26.3. The van der Waals surface area contributed by atoms with E-state index < -0.39 is 11.5 Å². The van der Waals surface area contributed by atoms with E-state index in [9.17, 15) is 15.0 Å². The van der Waals surface area contributed by atoms with Crippen molar-refractivity contribution in [1.82, 2.24) is 4.90 Å². The fourth-order valence-electron chi connectivity index (χ4n) is 4.72. The van der Waals surface area contributed by atoms with Crippen LogP contribution in [0.4, 0.5) is 11.4 Å². The van der Waals surface area contributed by atoms with Gasteiger partial charge >= 0.3 is 0 Å². The molecule has 3 atom stereocenters. The smallest absolute Gasteiger partial charge is 0.214 e. The van der Waals surface area contributed by atoms with Crippen molar-refractivity contribution in [3.63, 3.8) is 0 Å². The molecule has 2 aromatic rings. The highest BCUT2D eigenvalue weighted by Crippen LogP contribution is 2.31. The number of amides is 1. The zero-order valence-electron chi connectivity index (χ0n) is 21.6. The van der Waals surface area contributed by atoms with E-state index in [0.717, 1.165) is 37.0 Å². The van der Waals surface area contributed by atoms with Gasteiger partial charge in [-0.05, 0) is 51.4 Å². The van der Waals surface area contributed by atoms with E-state index in [0.29, 0.717) is 31.1 Å². The molecule has 198 valence electrons. The molecule has 1 fully saturated rings. The van der Waals surface area contributed by atoms with Gasteiger partial charge in [-0.25, -0.2) is 0 Å². The van der Waals surface area contributed by atoms with E-state index in [1.54, 1.807) is 17.9 Å². The second kappa shape index (κ2) is 13.9. The number of para-hydroxylation sites is 1. The predicted molar refractivity (Wildman–Crippen MR) is 153 cm³/mol. The standard InChI is InChI=1S/C27H37B2N3O4.CH4/c1-20(30(3)23-9-5-4-6-10-23)15-32(19-34)24-12-11-21(25(14-24)36-26(28)29)16-31-13-7-8-22(17-31)27(2,35)18-33;/h4-6,9-12,14,19-20,22,26,33,35H,7-8,13,15-18H2,1-3H3;1H4/t20?,22?,27-;/m1./s1. The second-order valence-electron chi connectivity index (χ2n) is 10.0. The average molecular weight is 505 g/mol. The molecule has 1 saturated heterocycles. The van der Waals surface area contributed by atoms with Crippen molar-refractivity contribution < 1.29 is 19.7 Å². The zero-order valence-corrected chi connectivity index (χ0v) is 21.6. The number of anilines is 2. The highest BCUT2D eigenvalue weighted by atomic mass is 16.5. The lowest BCUT2D eigenvalue weighted by Crippen LogP contribution is -2.47. The van der Waals surface area contributed by atoms with Gasteiger partial charge in [0.05, 0.1) is 12.2 Å². The van der Waals surface area contributed by atoms with Crippen LogP contribution in [0.1, 0.15) is 39.7 Å². The second-order valence-corrected chi connectivity index (χ2v) is 10.0. The van der Waals surface area contributed by atoms with E-state index >= 15 is 0 Å². The number of nitrogens with zero attached hydrogens (tertiary/aromatic N) is 3. The Morgan fingerprint density at radius 3 is 2.54 bits per heavy atom. The molecule has 1 heterocycles. The maximum Gasteiger partial charge on any atom is 0.214 e. The van der Waals surface area contributed by atoms with E-state index in [-0.39, 0.29) is 26.0 Å². The maximum atomic E-state index is 12.1. The summed E-state index contributed by atoms with van der Waals surface area (Å²) in [5, 5.41) is 20.1. The minimum Gasteiger partial charge on any atom is -0.509 e. The van der Waals surface area contributed by atoms with Crippen molar-refractivity contribution in [1.29, 1.82) is 0 Å². The topological polar surface area (TPSA) is 76.5 Å². The molecule has 7 nitrogen and oxygen atoms in total. The van der Waals surface area contributed by atoms with Gasteiger partial charge in [0, 0.05) is 67.5 Å². The number of hydrogen-bond donors (Lipinski definition) is 2. The third-order valence-electron chi connectivity index (χ3n) is 7.16. The number of benzene rings is 2. The molecule has 0 spiro atoms. The number of hydrogen-bond acceptors (Lipinski definition) is 6. The monoisotopic (exact) mass is 505 g/mol. The Kier molecular flexibility index (Phi) is 11.5. The van der Waals surface area contributed by atoms with Crippen LogP contribution in [-0.2, 0) is 11.3 Å². The van der Waals surface area contributed by atoms with Crippen molar-refractivity contribution in [2.75, 3.05) is 43.1 Å². The minimum atomic E-state index is -1.12. The first-order valence-electron chi connectivity index (χ1n) is 12.5. The van der Waals surface area contributed by atoms with Gasteiger partial charge in [-0.2, -0.15) is 0 Å². The van der Waals surface area contributed by atoms with E-state index in [1.807, 2.05) is 49.5 Å². The van der Waals surface area contributed by atoms with Crippen molar-refractivity contribution in [2.45, 2.75) is 58.2 Å². The largest absolute Gasteiger partial charge is 0.509 e. The molecule has 0 saturated carbocycles. The lowest BCUT2D eigenvalue weighted by Gasteiger charge is -2.39. The summed E-state index contributed by atoms with van der Waals surface area (Å²) < 4.78 is 5.75. The normalized spacial score (nSPS) is 18.4. The first-order chi connectivity index (χ1) is 17.1. The first-order valence-corrected chi connectivity index (χ1v) is 12.5. The van der Waals surface area contributed by atoms with Gasteiger partial charge in [-0.15, -0.1) is 0 Å². The highest BCUT2D eigenvalue weighted by Gasteiger charge is 2.34. The Morgan fingerprint density at radius 2 is 1.92 bits per heavy atom. The molecule has 3 rings (SSSR count). The van der Waals surface area contributed by atoms with Crippen LogP contribution < -0.4 is 14.5 Å². The summed E-state index contributed by atoms with van der Waals surface area (Å²) in [5.41, 5.74) is 1.54.